The second-order valence-electron chi connectivity index (χ2n) is 8.39. The first-order chi connectivity index (χ1) is 14.7. The van der Waals surface area contributed by atoms with E-state index in [0.29, 0.717) is 37.5 Å². The van der Waals surface area contributed by atoms with Gasteiger partial charge in [-0.05, 0) is 46.9 Å². The van der Waals surface area contributed by atoms with E-state index in [2.05, 4.69) is 45.0 Å². The van der Waals surface area contributed by atoms with Crippen molar-refractivity contribution in [1.82, 2.24) is 9.55 Å². The van der Waals surface area contributed by atoms with Crippen molar-refractivity contribution in [2.24, 2.45) is 0 Å². The maximum Gasteiger partial charge on any atom is 0.266 e. The van der Waals surface area contributed by atoms with Crippen LogP contribution in [0, 0.1) is 0 Å². The molecule has 3 aromatic carbocycles. The van der Waals surface area contributed by atoms with Crippen LogP contribution in [0.4, 0.5) is 0 Å². The second-order valence-corrected chi connectivity index (χ2v) is 10.1. The summed E-state index contributed by atoms with van der Waals surface area (Å²) in [6.45, 7) is 6.60. The summed E-state index contributed by atoms with van der Waals surface area (Å²) in [5.41, 5.74) is 3.76. The standard InChI is InChI=1S/C25H22Cl2N2OS/c1-25(2,3)17-10-8-16(9-11-17)15-31-24-28-22-7-5-4-6-19(22)23(30)29(24)18-12-13-20(26)21(27)14-18/h4-14H,15H2,1-3H3. The van der Waals surface area contributed by atoms with E-state index in [1.165, 1.54) is 22.9 Å². The molecule has 0 saturated heterocycles. The molecule has 6 heteroatoms. The Morgan fingerprint density at radius 1 is 0.935 bits per heavy atom. The Hall–Kier alpha value is -2.27. The van der Waals surface area contributed by atoms with Gasteiger partial charge in [0.15, 0.2) is 5.16 Å². The van der Waals surface area contributed by atoms with Crippen LogP contribution in [0.3, 0.4) is 0 Å². The quantitative estimate of drug-likeness (QED) is 0.233. The lowest BCUT2D eigenvalue weighted by molar-refractivity contribution is 0.590. The first-order valence-corrected chi connectivity index (χ1v) is 11.7. The van der Waals surface area contributed by atoms with E-state index in [4.69, 9.17) is 28.2 Å². The summed E-state index contributed by atoms with van der Waals surface area (Å²) in [4.78, 5) is 18.1. The van der Waals surface area contributed by atoms with Gasteiger partial charge in [0.25, 0.3) is 5.56 Å². The first-order valence-electron chi connectivity index (χ1n) is 9.93. The average molecular weight is 469 g/mol. The molecule has 0 aliphatic carbocycles. The Kier molecular flexibility index (Phi) is 6.16. The maximum atomic E-state index is 13.3. The third kappa shape index (κ3) is 4.67. The zero-order valence-electron chi connectivity index (χ0n) is 17.5. The fourth-order valence-electron chi connectivity index (χ4n) is 3.31. The largest absolute Gasteiger partial charge is 0.268 e. The Labute approximate surface area is 196 Å². The molecule has 4 aromatic rings. The van der Waals surface area contributed by atoms with Gasteiger partial charge in [0.05, 0.1) is 26.6 Å². The molecule has 0 aliphatic heterocycles. The molecule has 0 atom stereocenters. The van der Waals surface area contributed by atoms with Crippen molar-refractivity contribution in [1.29, 1.82) is 0 Å². The third-order valence-electron chi connectivity index (χ3n) is 5.09. The first kappa shape index (κ1) is 21.9. The fraction of sp³-hybridized carbons (Fsp3) is 0.200. The Morgan fingerprint density at radius 3 is 2.32 bits per heavy atom. The molecule has 31 heavy (non-hydrogen) atoms. The number of hydrogen-bond donors (Lipinski definition) is 0. The van der Waals surface area contributed by atoms with Crippen LogP contribution in [0.1, 0.15) is 31.9 Å². The predicted octanol–water partition coefficient (Wildman–Crippen LogP) is 7.28. The van der Waals surface area contributed by atoms with Gasteiger partial charge in [-0.3, -0.25) is 9.36 Å². The predicted molar refractivity (Wildman–Crippen MR) is 132 cm³/mol. The molecule has 0 radical (unpaired) electrons. The molecule has 0 aliphatic rings. The van der Waals surface area contributed by atoms with Gasteiger partial charge in [0, 0.05) is 5.75 Å². The van der Waals surface area contributed by atoms with Gasteiger partial charge < -0.3 is 0 Å². The molecule has 0 unspecified atom stereocenters. The van der Waals surface area contributed by atoms with Crippen LogP contribution in [-0.2, 0) is 11.2 Å². The number of thioether (sulfide) groups is 1. The molecule has 0 saturated carbocycles. The molecule has 0 N–H and O–H groups in total. The SMILES string of the molecule is CC(C)(C)c1ccc(CSc2nc3ccccc3c(=O)n2-c2ccc(Cl)c(Cl)c2)cc1. The van der Waals surface area contributed by atoms with E-state index in [1.807, 2.05) is 18.2 Å². The minimum absolute atomic E-state index is 0.111. The molecule has 1 heterocycles. The minimum Gasteiger partial charge on any atom is -0.268 e. The summed E-state index contributed by atoms with van der Waals surface area (Å²) in [7, 11) is 0. The van der Waals surface area contributed by atoms with Gasteiger partial charge >= 0.3 is 0 Å². The molecule has 158 valence electrons. The highest BCUT2D eigenvalue weighted by atomic mass is 35.5. The number of para-hydroxylation sites is 1. The Balaban J connectivity index is 1.75. The van der Waals surface area contributed by atoms with Gasteiger partial charge in [0.1, 0.15) is 0 Å². The lowest BCUT2D eigenvalue weighted by atomic mass is 9.87. The number of fused-ring (bicyclic) bond motifs is 1. The number of aromatic nitrogens is 2. The van der Waals surface area contributed by atoms with Gasteiger partial charge in [0.2, 0.25) is 0 Å². The van der Waals surface area contributed by atoms with E-state index in [1.54, 1.807) is 28.8 Å². The fourth-order valence-corrected chi connectivity index (χ4v) is 4.57. The lowest BCUT2D eigenvalue weighted by Gasteiger charge is -2.19. The third-order valence-corrected chi connectivity index (χ3v) is 6.84. The summed E-state index contributed by atoms with van der Waals surface area (Å²) in [5.74, 6) is 0.691. The van der Waals surface area contributed by atoms with Crippen LogP contribution in [0.5, 0.6) is 0 Å². The number of rotatable bonds is 4. The number of benzene rings is 3. The zero-order valence-corrected chi connectivity index (χ0v) is 19.9. The average Bonchev–Trinajstić information content (AvgIpc) is 2.74. The molecular formula is C25H22Cl2N2OS. The van der Waals surface area contributed by atoms with E-state index in [9.17, 15) is 4.79 Å². The van der Waals surface area contributed by atoms with E-state index in [0.717, 1.165) is 0 Å². The summed E-state index contributed by atoms with van der Waals surface area (Å²) in [6.07, 6.45) is 0. The molecule has 0 fully saturated rings. The van der Waals surface area contributed by atoms with Crippen LogP contribution in [0.2, 0.25) is 10.0 Å². The molecule has 1 aromatic heterocycles. The monoisotopic (exact) mass is 468 g/mol. The molecule has 4 rings (SSSR count). The number of hydrogen-bond acceptors (Lipinski definition) is 3. The topological polar surface area (TPSA) is 34.9 Å². The lowest BCUT2D eigenvalue weighted by Crippen LogP contribution is -2.21. The van der Waals surface area contributed by atoms with Crippen LogP contribution >= 0.6 is 35.0 Å². The van der Waals surface area contributed by atoms with E-state index in [-0.39, 0.29) is 11.0 Å². The van der Waals surface area contributed by atoms with Crippen molar-refractivity contribution in [2.45, 2.75) is 37.1 Å². The summed E-state index contributed by atoms with van der Waals surface area (Å²) >= 11 is 13.8. The minimum atomic E-state index is -0.130. The van der Waals surface area contributed by atoms with Crippen LogP contribution in [0.15, 0.2) is 76.7 Å². The highest BCUT2D eigenvalue weighted by Crippen LogP contribution is 2.29. The maximum absolute atomic E-state index is 13.3. The van der Waals surface area contributed by atoms with Gasteiger partial charge in [-0.25, -0.2) is 4.98 Å². The van der Waals surface area contributed by atoms with E-state index < -0.39 is 0 Å². The van der Waals surface area contributed by atoms with Gasteiger partial charge in [-0.15, -0.1) is 0 Å². The van der Waals surface area contributed by atoms with Crippen molar-refractivity contribution >= 4 is 45.9 Å². The molecule has 0 spiro atoms. The van der Waals surface area contributed by atoms with E-state index >= 15 is 0 Å². The molecular weight excluding hydrogens is 447 g/mol. The second kappa shape index (κ2) is 8.70. The summed E-state index contributed by atoms with van der Waals surface area (Å²) in [5, 5.41) is 2.02. The van der Waals surface area contributed by atoms with Crippen molar-refractivity contribution in [3.8, 4) is 5.69 Å². The number of halogens is 2. The molecule has 0 bridgehead atoms. The van der Waals surface area contributed by atoms with Gasteiger partial charge in [-0.2, -0.15) is 0 Å². The van der Waals surface area contributed by atoms with Crippen molar-refractivity contribution < 1.29 is 0 Å². The molecule has 3 nitrogen and oxygen atoms in total. The van der Waals surface area contributed by atoms with Gasteiger partial charge in [-0.1, -0.05) is 92.1 Å². The molecule has 0 amide bonds. The smallest absolute Gasteiger partial charge is 0.266 e. The highest BCUT2D eigenvalue weighted by Gasteiger charge is 2.16. The normalized spacial score (nSPS) is 11.8. The summed E-state index contributed by atoms with van der Waals surface area (Å²) < 4.78 is 1.61. The highest BCUT2D eigenvalue weighted by molar-refractivity contribution is 7.98. The zero-order chi connectivity index (χ0) is 22.2. The van der Waals surface area contributed by atoms with Crippen LogP contribution < -0.4 is 5.56 Å². The van der Waals surface area contributed by atoms with Crippen LogP contribution in [-0.4, -0.2) is 9.55 Å². The van der Waals surface area contributed by atoms with Crippen molar-refractivity contribution in [2.75, 3.05) is 0 Å². The Morgan fingerprint density at radius 2 is 1.65 bits per heavy atom. The Bertz CT molecular complexity index is 1310. The number of nitrogens with zero attached hydrogens (tertiary/aromatic N) is 2. The van der Waals surface area contributed by atoms with Crippen molar-refractivity contribution in [3.63, 3.8) is 0 Å². The van der Waals surface area contributed by atoms with Crippen molar-refractivity contribution in [3.05, 3.63) is 98.3 Å². The van der Waals surface area contributed by atoms with Crippen LogP contribution in [0.25, 0.3) is 16.6 Å². The summed E-state index contributed by atoms with van der Waals surface area (Å²) in [6, 6.07) is 21.2.